The number of imidazole rings is 1. The predicted molar refractivity (Wildman–Crippen MR) is 154 cm³/mol. The van der Waals surface area contributed by atoms with Gasteiger partial charge in [0, 0.05) is 32.3 Å². The summed E-state index contributed by atoms with van der Waals surface area (Å²) in [5.74, 6) is 1.01. The fourth-order valence-electron chi connectivity index (χ4n) is 5.95. The lowest BCUT2D eigenvalue weighted by atomic mass is 9.91. The second-order valence-electron chi connectivity index (χ2n) is 13.3. The lowest BCUT2D eigenvalue weighted by Crippen LogP contribution is -2.56. The van der Waals surface area contributed by atoms with Gasteiger partial charge in [0.2, 0.25) is 5.91 Å². The molecule has 1 aliphatic heterocycles. The summed E-state index contributed by atoms with van der Waals surface area (Å²) in [7, 11) is 0.148. The molecule has 2 heterocycles. The zero-order chi connectivity index (χ0) is 27.4. The van der Waals surface area contributed by atoms with Crippen molar-refractivity contribution in [2.24, 2.45) is 7.05 Å². The van der Waals surface area contributed by atoms with Crippen LogP contribution in [0, 0.1) is 0 Å². The van der Waals surface area contributed by atoms with E-state index in [1.54, 1.807) is 4.90 Å². The number of aryl methyl sites for hydroxylation is 2. The maximum absolute atomic E-state index is 13.6. The Morgan fingerprint density at radius 1 is 1.08 bits per heavy atom. The molecule has 38 heavy (non-hydrogen) atoms. The molecule has 2 aliphatic carbocycles. The van der Waals surface area contributed by atoms with Crippen LogP contribution < -0.4 is 0 Å². The lowest BCUT2D eigenvalue weighted by Gasteiger charge is -2.44. The third-order valence-corrected chi connectivity index (χ3v) is 14.1. The molecule has 0 spiro atoms. The van der Waals surface area contributed by atoms with Gasteiger partial charge in [-0.3, -0.25) is 9.59 Å². The topological polar surface area (TPSA) is 67.7 Å². The zero-order valence-corrected chi connectivity index (χ0v) is 25.5. The number of hydrogen-bond donors (Lipinski definition) is 0. The van der Waals surface area contributed by atoms with E-state index >= 15 is 0 Å². The van der Waals surface area contributed by atoms with Crippen molar-refractivity contribution in [1.29, 1.82) is 0 Å². The fraction of sp³-hybridized carbons (Fsp3) is 0.700. The van der Waals surface area contributed by atoms with Crippen molar-refractivity contribution in [3.8, 4) is 0 Å². The van der Waals surface area contributed by atoms with Crippen LogP contribution in [0.4, 0.5) is 0 Å². The molecule has 2 aromatic rings. The SMILES string of the molecule is CCc1cc(C2CC2)cc2c1nc(C(=O)N1CCN([C@H]3CC[C@H](O[Si](C)(C)C(C)(C)C)CC3)C(=O)C1)n2C. The van der Waals surface area contributed by atoms with Crippen molar-refractivity contribution in [1.82, 2.24) is 19.4 Å². The van der Waals surface area contributed by atoms with Gasteiger partial charge in [-0.1, -0.05) is 33.8 Å². The van der Waals surface area contributed by atoms with Gasteiger partial charge >= 0.3 is 0 Å². The van der Waals surface area contributed by atoms with Crippen molar-refractivity contribution in [2.75, 3.05) is 19.6 Å². The first-order chi connectivity index (χ1) is 17.9. The Labute approximate surface area is 229 Å². The number of hydrogen-bond acceptors (Lipinski definition) is 4. The van der Waals surface area contributed by atoms with Crippen molar-refractivity contribution >= 4 is 31.2 Å². The molecule has 5 rings (SSSR count). The highest BCUT2D eigenvalue weighted by Crippen LogP contribution is 2.42. The Bertz CT molecular complexity index is 1220. The maximum atomic E-state index is 13.6. The number of fused-ring (bicyclic) bond motifs is 1. The average molecular weight is 539 g/mol. The van der Waals surface area contributed by atoms with Gasteiger partial charge in [0.15, 0.2) is 14.1 Å². The number of carbonyl (C=O) groups is 2. The highest BCUT2D eigenvalue weighted by molar-refractivity contribution is 6.74. The van der Waals surface area contributed by atoms with Gasteiger partial charge in [0.1, 0.15) is 6.54 Å². The number of nitrogens with zero attached hydrogens (tertiary/aromatic N) is 4. The predicted octanol–water partition coefficient (Wildman–Crippen LogP) is 5.63. The Hall–Kier alpha value is -2.19. The van der Waals surface area contributed by atoms with E-state index in [2.05, 4.69) is 52.9 Å². The summed E-state index contributed by atoms with van der Waals surface area (Å²) in [6, 6.07) is 4.74. The van der Waals surface area contributed by atoms with E-state index in [4.69, 9.17) is 9.41 Å². The molecule has 1 aromatic heterocycles. The maximum Gasteiger partial charge on any atom is 0.290 e. The van der Waals surface area contributed by atoms with Crippen LogP contribution in [0.25, 0.3) is 11.0 Å². The van der Waals surface area contributed by atoms with Gasteiger partial charge in [-0.15, -0.1) is 0 Å². The summed E-state index contributed by atoms with van der Waals surface area (Å²) in [6.45, 7) is 14.9. The highest BCUT2D eigenvalue weighted by Gasteiger charge is 2.41. The first-order valence-electron chi connectivity index (χ1n) is 14.7. The first-order valence-corrected chi connectivity index (χ1v) is 17.6. The lowest BCUT2D eigenvalue weighted by molar-refractivity contribution is -0.138. The van der Waals surface area contributed by atoms with Crippen LogP contribution >= 0.6 is 0 Å². The monoisotopic (exact) mass is 538 g/mol. The minimum absolute atomic E-state index is 0.0578. The second kappa shape index (κ2) is 10.1. The van der Waals surface area contributed by atoms with Gasteiger partial charge < -0.3 is 18.8 Å². The number of rotatable bonds is 6. The van der Waals surface area contributed by atoms with Crippen LogP contribution in [0.2, 0.25) is 18.1 Å². The number of amides is 2. The third kappa shape index (κ3) is 5.18. The van der Waals surface area contributed by atoms with E-state index in [0.29, 0.717) is 30.9 Å². The highest BCUT2D eigenvalue weighted by atomic mass is 28.4. The minimum Gasteiger partial charge on any atom is -0.414 e. The third-order valence-electron chi connectivity index (χ3n) is 9.61. The molecule has 1 saturated heterocycles. The molecule has 208 valence electrons. The summed E-state index contributed by atoms with van der Waals surface area (Å²) in [4.78, 5) is 35.3. The van der Waals surface area contributed by atoms with Crippen LogP contribution in [0.3, 0.4) is 0 Å². The number of aromatic nitrogens is 2. The molecule has 3 aliphatic rings. The first kappa shape index (κ1) is 27.4. The van der Waals surface area contributed by atoms with Crippen LogP contribution in [0.15, 0.2) is 12.1 Å². The van der Waals surface area contributed by atoms with Gasteiger partial charge in [0.25, 0.3) is 5.91 Å². The van der Waals surface area contributed by atoms with Crippen LogP contribution in [0.1, 0.15) is 93.9 Å². The molecule has 2 saturated carbocycles. The van der Waals surface area contributed by atoms with Crippen LogP contribution in [0.5, 0.6) is 0 Å². The average Bonchev–Trinajstić information content (AvgIpc) is 3.66. The Balaban J connectivity index is 1.22. The standard InChI is InChI=1S/C30H46N4O3Si/c1-8-20-17-22(21-9-10-21)18-25-27(20)31-28(32(25)5)29(36)33-15-16-34(26(35)19-33)23-11-13-24(14-12-23)37-38(6,7)30(2,3)4/h17-18,21,23-24H,8-16,19H2,1-7H3/t23-,24-. The van der Waals surface area contributed by atoms with Gasteiger partial charge in [-0.2, -0.15) is 0 Å². The fourth-order valence-corrected chi connectivity index (χ4v) is 7.37. The van der Waals surface area contributed by atoms with Crippen LogP contribution in [-0.4, -0.2) is 71.3 Å². The summed E-state index contributed by atoms with van der Waals surface area (Å²) >= 11 is 0. The molecular weight excluding hydrogens is 492 g/mol. The number of carbonyl (C=O) groups excluding carboxylic acids is 2. The van der Waals surface area contributed by atoms with Gasteiger partial charge in [-0.25, -0.2) is 4.98 Å². The minimum atomic E-state index is -1.78. The van der Waals surface area contributed by atoms with Crippen LogP contribution in [-0.2, 0) is 22.7 Å². The Morgan fingerprint density at radius 3 is 2.34 bits per heavy atom. The zero-order valence-electron chi connectivity index (χ0n) is 24.5. The summed E-state index contributed by atoms with van der Waals surface area (Å²) in [5.41, 5.74) is 4.51. The van der Waals surface area contributed by atoms with Gasteiger partial charge in [0.05, 0.1) is 11.0 Å². The second-order valence-corrected chi connectivity index (χ2v) is 18.0. The molecule has 3 fully saturated rings. The van der Waals surface area contributed by atoms with Crippen molar-refractivity contribution < 1.29 is 14.0 Å². The molecule has 0 radical (unpaired) electrons. The number of piperazine rings is 1. The molecule has 0 bridgehead atoms. The molecular formula is C30H46N4O3Si. The summed E-state index contributed by atoms with van der Waals surface area (Å²) in [5, 5.41) is 0.208. The van der Waals surface area contributed by atoms with Crippen molar-refractivity contribution in [3.05, 3.63) is 29.1 Å². The number of benzene rings is 1. The summed E-state index contributed by atoms with van der Waals surface area (Å²) in [6.07, 6.45) is 7.65. The van der Waals surface area contributed by atoms with E-state index < -0.39 is 8.32 Å². The largest absolute Gasteiger partial charge is 0.414 e. The van der Waals surface area contributed by atoms with E-state index in [9.17, 15) is 9.59 Å². The van der Waals surface area contributed by atoms with E-state index in [0.717, 1.165) is 43.1 Å². The molecule has 2 amide bonds. The van der Waals surface area contributed by atoms with E-state index in [1.807, 2.05) is 16.5 Å². The Kier molecular flexibility index (Phi) is 7.27. The van der Waals surface area contributed by atoms with E-state index in [-0.39, 0.29) is 29.4 Å². The molecule has 0 atom stereocenters. The molecule has 0 N–H and O–H groups in total. The normalized spacial score (nSPS) is 23.4. The van der Waals surface area contributed by atoms with Crippen molar-refractivity contribution in [3.63, 3.8) is 0 Å². The molecule has 1 aromatic carbocycles. The molecule has 8 heteroatoms. The molecule has 0 unspecified atom stereocenters. The Morgan fingerprint density at radius 2 is 1.76 bits per heavy atom. The molecule has 7 nitrogen and oxygen atoms in total. The van der Waals surface area contributed by atoms with Gasteiger partial charge in [-0.05, 0) is 86.2 Å². The smallest absolute Gasteiger partial charge is 0.290 e. The van der Waals surface area contributed by atoms with Crippen molar-refractivity contribution in [2.45, 2.75) is 109 Å². The summed E-state index contributed by atoms with van der Waals surface area (Å²) < 4.78 is 8.59. The quantitative estimate of drug-likeness (QED) is 0.447. The van der Waals surface area contributed by atoms with E-state index in [1.165, 1.54) is 24.0 Å².